The van der Waals surface area contributed by atoms with Gasteiger partial charge in [-0.15, -0.1) is 0 Å². The average molecular weight is 440 g/mol. The van der Waals surface area contributed by atoms with Gasteiger partial charge in [-0.3, -0.25) is 4.79 Å². The number of carbonyl (C=O) groups is 1. The van der Waals surface area contributed by atoms with Crippen molar-refractivity contribution in [2.45, 2.75) is 43.8 Å². The van der Waals surface area contributed by atoms with Gasteiger partial charge < -0.3 is 15.1 Å². The van der Waals surface area contributed by atoms with E-state index in [2.05, 4.69) is 63.6 Å². The Kier molecular flexibility index (Phi) is 6.45. The van der Waals surface area contributed by atoms with Crippen LogP contribution in [0.3, 0.4) is 0 Å². The van der Waals surface area contributed by atoms with E-state index < -0.39 is 0 Å². The largest absolute Gasteiger partial charge is 0.366 e. The van der Waals surface area contributed by atoms with Crippen LogP contribution in [-0.2, 0) is 11.2 Å². The van der Waals surface area contributed by atoms with Gasteiger partial charge in [0.15, 0.2) is 0 Å². The molecular formula is C29H33N3O. The van der Waals surface area contributed by atoms with Gasteiger partial charge in [-0.2, -0.15) is 0 Å². The molecule has 1 fully saturated rings. The van der Waals surface area contributed by atoms with E-state index in [0.717, 1.165) is 37.1 Å². The number of hydrogen-bond acceptors (Lipinski definition) is 3. The van der Waals surface area contributed by atoms with Crippen LogP contribution in [0.4, 0.5) is 5.69 Å². The number of nitrogens with zero attached hydrogens (tertiary/aromatic N) is 2. The Morgan fingerprint density at radius 2 is 1.52 bits per heavy atom. The SMILES string of the molecule is CN[C@@H]1CC(N2CCCCc3ccccc32)CN1C(=O)C(c1ccccc1)c1ccccc1. The van der Waals surface area contributed by atoms with E-state index in [1.54, 1.807) is 0 Å². The molecular weight excluding hydrogens is 406 g/mol. The zero-order valence-corrected chi connectivity index (χ0v) is 19.4. The van der Waals surface area contributed by atoms with Crippen LogP contribution < -0.4 is 10.2 Å². The third-order valence-corrected chi connectivity index (χ3v) is 7.25. The summed E-state index contributed by atoms with van der Waals surface area (Å²) in [4.78, 5) is 18.8. The molecule has 2 atom stereocenters. The lowest BCUT2D eigenvalue weighted by Crippen LogP contribution is -2.45. The summed E-state index contributed by atoms with van der Waals surface area (Å²) < 4.78 is 0. The summed E-state index contributed by atoms with van der Waals surface area (Å²) >= 11 is 0. The third-order valence-electron chi connectivity index (χ3n) is 7.25. The number of carbonyl (C=O) groups excluding carboxylic acids is 1. The minimum Gasteiger partial charge on any atom is -0.366 e. The van der Waals surface area contributed by atoms with Crippen LogP contribution in [0.25, 0.3) is 0 Å². The molecule has 0 spiro atoms. The summed E-state index contributed by atoms with van der Waals surface area (Å²) in [5, 5.41) is 3.44. The van der Waals surface area contributed by atoms with Crippen LogP contribution in [0.5, 0.6) is 0 Å². The van der Waals surface area contributed by atoms with Crippen molar-refractivity contribution in [3.8, 4) is 0 Å². The molecule has 1 saturated heterocycles. The van der Waals surface area contributed by atoms with Crippen LogP contribution in [-0.4, -0.2) is 43.2 Å². The van der Waals surface area contributed by atoms with Crippen molar-refractivity contribution in [3.63, 3.8) is 0 Å². The molecule has 2 heterocycles. The highest BCUT2D eigenvalue weighted by molar-refractivity contribution is 5.88. The molecule has 4 heteroatoms. The number of hydrogen-bond donors (Lipinski definition) is 1. The molecule has 0 aliphatic carbocycles. The Bertz CT molecular complexity index is 1030. The maximum absolute atomic E-state index is 14.1. The van der Waals surface area contributed by atoms with Gasteiger partial charge in [0.1, 0.15) is 0 Å². The van der Waals surface area contributed by atoms with Crippen molar-refractivity contribution in [1.82, 2.24) is 10.2 Å². The van der Waals surface area contributed by atoms with Crippen molar-refractivity contribution in [2.24, 2.45) is 0 Å². The Morgan fingerprint density at radius 3 is 2.18 bits per heavy atom. The van der Waals surface area contributed by atoms with Crippen LogP contribution >= 0.6 is 0 Å². The lowest BCUT2D eigenvalue weighted by molar-refractivity contribution is -0.133. The predicted molar refractivity (Wildman–Crippen MR) is 134 cm³/mol. The maximum Gasteiger partial charge on any atom is 0.235 e. The first-order valence-electron chi connectivity index (χ1n) is 12.2. The van der Waals surface area contributed by atoms with E-state index in [1.807, 2.05) is 43.4 Å². The molecule has 0 radical (unpaired) electrons. The quantitative estimate of drug-likeness (QED) is 0.620. The summed E-state index contributed by atoms with van der Waals surface area (Å²) in [6, 6.07) is 29.5. The van der Waals surface area contributed by atoms with Crippen molar-refractivity contribution >= 4 is 11.6 Å². The van der Waals surface area contributed by atoms with E-state index in [0.29, 0.717) is 6.04 Å². The number of nitrogens with one attached hydrogen (secondary N) is 1. The minimum absolute atomic E-state index is 0.0350. The molecule has 170 valence electrons. The molecule has 2 aliphatic heterocycles. The van der Waals surface area contributed by atoms with Crippen molar-refractivity contribution in [3.05, 3.63) is 102 Å². The third kappa shape index (κ3) is 4.40. The van der Waals surface area contributed by atoms with Gasteiger partial charge in [0.25, 0.3) is 0 Å². The highest BCUT2D eigenvalue weighted by atomic mass is 16.2. The molecule has 0 aromatic heterocycles. The second-order valence-corrected chi connectivity index (χ2v) is 9.22. The minimum atomic E-state index is -0.293. The van der Waals surface area contributed by atoms with Crippen molar-refractivity contribution in [2.75, 3.05) is 25.0 Å². The zero-order valence-electron chi connectivity index (χ0n) is 19.4. The fraction of sp³-hybridized carbons (Fsp3) is 0.345. The average Bonchev–Trinajstić information content (AvgIpc) is 3.18. The highest BCUT2D eigenvalue weighted by Gasteiger charge is 2.40. The number of rotatable bonds is 5. The molecule has 33 heavy (non-hydrogen) atoms. The first-order valence-corrected chi connectivity index (χ1v) is 12.2. The van der Waals surface area contributed by atoms with Crippen LogP contribution in [0, 0.1) is 0 Å². The summed E-state index contributed by atoms with van der Waals surface area (Å²) in [5.74, 6) is -0.115. The topological polar surface area (TPSA) is 35.6 Å². The normalized spacial score (nSPS) is 20.5. The number of likely N-dealkylation sites (tertiary alicyclic amines) is 1. The van der Waals surface area contributed by atoms with Crippen LogP contribution in [0.15, 0.2) is 84.9 Å². The van der Waals surface area contributed by atoms with Gasteiger partial charge in [0.05, 0.1) is 12.1 Å². The van der Waals surface area contributed by atoms with E-state index in [9.17, 15) is 4.79 Å². The maximum atomic E-state index is 14.1. The lowest BCUT2D eigenvalue weighted by atomic mass is 9.90. The fourth-order valence-electron chi connectivity index (χ4n) is 5.59. The van der Waals surface area contributed by atoms with Gasteiger partial charge in [0.2, 0.25) is 5.91 Å². The molecule has 3 aromatic carbocycles. The zero-order chi connectivity index (χ0) is 22.6. The molecule has 5 rings (SSSR count). The Hall–Kier alpha value is -3.11. The Balaban J connectivity index is 1.45. The van der Waals surface area contributed by atoms with Crippen LogP contribution in [0.2, 0.25) is 0 Å². The second-order valence-electron chi connectivity index (χ2n) is 9.22. The smallest absolute Gasteiger partial charge is 0.235 e. The predicted octanol–water partition coefficient (Wildman–Crippen LogP) is 4.81. The number of anilines is 1. The molecule has 3 aromatic rings. The van der Waals surface area contributed by atoms with Crippen LogP contribution in [0.1, 0.15) is 41.9 Å². The van der Waals surface area contributed by atoms with E-state index in [-0.39, 0.29) is 18.0 Å². The summed E-state index contributed by atoms with van der Waals surface area (Å²) in [5.41, 5.74) is 4.89. The Labute approximate surface area is 197 Å². The van der Waals surface area contributed by atoms with E-state index >= 15 is 0 Å². The summed E-state index contributed by atoms with van der Waals surface area (Å²) in [7, 11) is 1.98. The van der Waals surface area contributed by atoms with Crippen molar-refractivity contribution in [1.29, 1.82) is 0 Å². The monoisotopic (exact) mass is 439 g/mol. The second kappa shape index (κ2) is 9.80. The molecule has 1 unspecified atom stereocenters. The fourth-order valence-corrected chi connectivity index (χ4v) is 5.59. The van der Waals surface area contributed by atoms with E-state index in [1.165, 1.54) is 24.1 Å². The summed E-state index contributed by atoms with van der Waals surface area (Å²) in [6.07, 6.45) is 4.53. The Morgan fingerprint density at radius 1 is 0.879 bits per heavy atom. The number of fused-ring (bicyclic) bond motifs is 1. The standard InChI is InChI=1S/C29H33N3O/c1-30-27-20-25(31-19-11-10-13-22-12-8-9-18-26(22)31)21-32(27)29(33)28(23-14-4-2-5-15-23)24-16-6-3-7-17-24/h2-9,12,14-18,25,27-28,30H,10-11,13,19-21H2,1H3/t25?,27-/m0/s1. The molecule has 4 nitrogen and oxygen atoms in total. The number of aryl methyl sites for hydroxylation is 1. The van der Waals surface area contributed by atoms with Gasteiger partial charge in [0, 0.05) is 31.2 Å². The van der Waals surface area contributed by atoms with Crippen molar-refractivity contribution < 1.29 is 4.79 Å². The number of para-hydroxylation sites is 1. The van der Waals surface area contributed by atoms with Gasteiger partial charge in [-0.05, 0) is 49.1 Å². The first-order chi connectivity index (χ1) is 16.3. The molecule has 1 amide bonds. The number of benzene rings is 3. The number of amides is 1. The highest BCUT2D eigenvalue weighted by Crippen LogP contribution is 2.34. The summed E-state index contributed by atoms with van der Waals surface area (Å²) in [6.45, 7) is 1.80. The van der Waals surface area contributed by atoms with Gasteiger partial charge >= 0.3 is 0 Å². The molecule has 0 saturated carbocycles. The van der Waals surface area contributed by atoms with Gasteiger partial charge in [-0.25, -0.2) is 0 Å². The molecule has 2 aliphatic rings. The molecule has 0 bridgehead atoms. The van der Waals surface area contributed by atoms with Gasteiger partial charge in [-0.1, -0.05) is 78.9 Å². The molecule has 1 N–H and O–H groups in total. The first kappa shape index (κ1) is 21.7. The lowest BCUT2D eigenvalue weighted by Gasteiger charge is -2.32. The van der Waals surface area contributed by atoms with E-state index in [4.69, 9.17) is 0 Å².